The molecule has 6 heteroatoms. The fourth-order valence-corrected chi connectivity index (χ4v) is 5.35. The third kappa shape index (κ3) is 6.27. The molecule has 1 fully saturated rings. The van der Waals surface area contributed by atoms with E-state index < -0.39 is 11.5 Å². The maximum atomic E-state index is 13.6. The van der Waals surface area contributed by atoms with Gasteiger partial charge >= 0.3 is 0 Å². The molecular formula is C30H33ClN2O3. The van der Waals surface area contributed by atoms with E-state index in [1.165, 1.54) is 0 Å². The average Bonchev–Trinajstić information content (AvgIpc) is 3.57. The zero-order valence-electron chi connectivity index (χ0n) is 20.7. The predicted octanol–water partition coefficient (Wildman–Crippen LogP) is 6.34. The normalized spacial score (nSPS) is 15.3. The summed E-state index contributed by atoms with van der Waals surface area (Å²) in [4.78, 5) is 28.8. The van der Waals surface area contributed by atoms with Crippen molar-refractivity contribution < 1.29 is 14.0 Å². The SMILES string of the molecule is C=C(Cl)CC1(C(=O)N[C@@H](Cc2ccc(-c3ccccc3)cc2)C(=O)N(C)Cc2ccco2)CCCC1. The van der Waals surface area contributed by atoms with E-state index in [-0.39, 0.29) is 11.8 Å². The van der Waals surface area contributed by atoms with Crippen LogP contribution in [0.25, 0.3) is 11.1 Å². The molecule has 0 unspecified atom stereocenters. The van der Waals surface area contributed by atoms with E-state index in [4.69, 9.17) is 16.0 Å². The highest BCUT2D eigenvalue weighted by molar-refractivity contribution is 6.29. The van der Waals surface area contributed by atoms with Crippen LogP contribution in [0.4, 0.5) is 0 Å². The summed E-state index contributed by atoms with van der Waals surface area (Å²) < 4.78 is 5.42. The van der Waals surface area contributed by atoms with Crippen LogP contribution in [0, 0.1) is 5.41 Å². The molecular weight excluding hydrogens is 472 g/mol. The van der Waals surface area contributed by atoms with Crippen LogP contribution in [-0.2, 0) is 22.6 Å². The third-order valence-electron chi connectivity index (χ3n) is 7.03. The quantitative estimate of drug-likeness (QED) is 0.350. The van der Waals surface area contributed by atoms with Gasteiger partial charge in [0, 0.05) is 18.5 Å². The van der Waals surface area contributed by atoms with Crippen LogP contribution in [0.5, 0.6) is 0 Å². The summed E-state index contributed by atoms with van der Waals surface area (Å²) in [5.74, 6) is 0.408. The molecule has 4 rings (SSSR count). The van der Waals surface area contributed by atoms with Crippen LogP contribution < -0.4 is 5.32 Å². The van der Waals surface area contributed by atoms with E-state index >= 15 is 0 Å². The minimum Gasteiger partial charge on any atom is -0.467 e. The van der Waals surface area contributed by atoms with Crippen molar-refractivity contribution in [3.8, 4) is 11.1 Å². The Morgan fingerprint density at radius 1 is 1.03 bits per heavy atom. The maximum absolute atomic E-state index is 13.6. The Morgan fingerprint density at radius 2 is 1.69 bits per heavy atom. The number of rotatable bonds is 10. The molecule has 1 aliphatic carbocycles. The molecule has 1 saturated carbocycles. The molecule has 0 bridgehead atoms. The van der Waals surface area contributed by atoms with Crippen LogP contribution >= 0.6 is 11.6 Å². The lowest BCUT2D eigenvalue weighted by atomic mass is 9.81. The summed E-state index contributed by atoms with van der Waals surface area (Å²) in [6.45, 7) is 4.16. The van der Waals surface area contributed by atoms with Gasteiger partial charge in [-0.1, -0.05) is 85.6 Å². The number of hydrogen-bond donors (Lipinski definition) is 1. The Hall–Kier alpha value is -3.31. The number of carbonyl (C=O) groups excluding carboxylic acids is 2. The third-order valence-corrected chi connectivity index (χ3v) is 7.16. The monoisotopic (exact) mass is 504 g/mol. The van der Waals surface area contributed by atoms with Crippen LogP contribution in [0.3, 0.4) is 0 Å². The molecule has 2 aromatic carbocycles. The zero-order chi connectivity index (χ0) is 25.5. The molecule has 1 aliphatic rings. The van der Waals surface area contributed by atoms with Gasteiger partial charge in [0.05, 0.1) is 18.2 Å². The van der Waals surface area contributed by atoms with Gasteiger partial charge in [-0.05, 0) is 48.1 Å². The van der Waals surface area contributed by atoms with Gasteiger partial charge in [0.1, 0.15) is 11.8 Å². The van der Waals surface area contributed by atoms with Crippen molar-refractivity contribution in [2.24, 2.45) is 5.41 Å². The molecule has 5 nitrogen and oxygen atoms in total. The minimum absolute atomic E-state index is 0.118. The van der Waals surface area contributed by atoms with Gasteiger partial charge in [-0.2, -0.15) is 0 Å². The highest BCUT2D eigenvalue weighted by atomic mass is 35.5. The lowest BCUT2D eigenvalue weighted by molar-refractivity contribution is -0.139. The summed E-state index contributed by atoms with van der Waals surface area (Å²) in [5, 5.41) is 3.57. The van der Waals surface area contributed by atoms with E-state index in [9.17, 15) is 9.59 Å². The van der Waals surface area contributed by atoms with Crippen LogP contribution in [-0.4, -0.2) is 29.8 Å². The second-order valence-electron chi connectivity index (χ2n) is 9.75. The second kappa shape index (κ2) is 11.6. The number of nitrogens with zero attached hydrogens (tertiary/aromatic N) is 1. The Balaban J connectivity index is 1.54. The topological polar surface area (TPSA) is 62.6 Å². The Labute approximate surface area is 218 Å². The molecule has 0 aliphatic heterocycles. The first-order valence-electron chi connectivity index (χ1n) is 12.4. The number of allylic oxidation sites excluding steroid dienone is 1. The molecule has 1 heterocycles. The first kappa shape index (κ1) is 25.8. The average molecular weight is 505 g/mol. The number of likely N-dealkylation sites (N-methyl/N-ethyl adjacent to an activating group) is 1. The molecule has 0 spiro atoms. The fourth-order valence-electron chi connectivity index (χ4n) is 5.09. The largest absolute Gasteiger partial charge is 0.467 e. The molecule has 1 aromatic heterocycles. The molecule has 0 radical (unpaired) electrons. The van der Waals surface area contributed by atoms with Crippen molar-refractivity contribution in [2.45, 2.75) is 51.1 Å². The lowest BCUT2D eigenvalue weighted by Crippen LogP contribution is -2.52. The highest BCUT2D eigenvalue weighted by Gasteiger charge is 2.42. The van der Waals surface area contributed by atoms with Crippen LogP contribution in [0.1, 0.15) is 43.4 Å². The number of amides is 2. The van der Waals surface area contributed by atoms with Gasteiger partial charge in [-0.3, -0.25) is 9.59 Å². The molecule has 1 atom stereocenters. The van der Waals surface area contributed by atoms with Gasteiger partial charge in [0.2, 0.25) is 11.8 Å². The van der Waals surface area contributed by atoms with Crippen LogP contribution in [0.15, 0.2) is 89.0 Å². The summed E-state index contributed by atoms with van der Waals surface area (Å²) in [7, 11) is 1.73. The van der Waals surface area contributed by atoms with Gasteiger partial charge in [0.25, 0.3) is 0 Å². The smallest absolute Gasteiger partial charge is 0.245 e. The maximum Gasteiger partial charge on any atom is 0.245 e. The number of furan rings is 1. The van der Waals surface area contributed by atoms with E-state index in [1.54, 1.807) is 24.3 Å². The first-order valence-corrected chi connectivity index (χ1v) is 12.8. The van der Waals surface area contributed by atoms with Crippen molar-refractivity contribution in [3.63, 3.8) is 0 Å². The number of carbonyl (C=O) groups is 2. The number of hydrogen-bond acceptors (Lipinski definition) is 3. The summed E-state index contributed by atoms with van der Waals surface area (Å²) in [5.41, 5.74) is 2.61. The van der Waals surface area contributed by atoms with Gasteiger partial charge < -0.3 is 14.6 Å². The van der Waals surface area contributed by atoms with E-state index in [0.29, 0.717) is 30.2 Å². The first-order chi connectivity index (χ1) is 17.4. The zero-order valence-corrected chi connectivity index (χ0v) is 21.5. The Morgan fingerprint density at radius 3 is 2.31 bits per heavy atom. The minimum atomic E-state index is -0.707. The van der Waals surface area contributed by atoms with E-state index in [1.807, 2.05) is 36.4 Å². The molecule has 188 valence electrons. The van der Waals surface area contributed by atoms with E-state index in [0.717, 1.165) is 42.4 Å². The Kier molecular flexibility index (Phi) is 8.32. The fraction of sp³-hybridized carbons (Fsp3) is 0.333. The summed E-state index contributed by atoms with van der Waals surface area (Å²) >= 11 is 6.16. The highest BCUT2D eigenvalue weighted by Crippen LogP contribution is 2.44. The van der Waals surface area contributed by atoms with Gasteiger partial charge in [0.15, 0.2) is 0 Å². The van der Waals surface area contributed by atoms with Gasteiger partial charge in [-0.25, -0.2) is 0 Å². The molecule has 0 saturated heterocycles. The standard InChI is InChI=1S/C30H33ClN2O3/c1-22(31)20-30(16-6-7-17-30)29(35)32-27(28(34)33(2)21-26-11-8-18-36-26)19-23-12-14-25(15-13-23)24-9-4-3-5-10-24/h3-5,8-15,18,27H,1,6-7,16-17,19-21H2,2H3,(H,32,35)/t27-/m0/s1. The molecule has 1 N–H and O–H groups in total. The second-order valence-corrected chi connectivity index (χ2v) is 10.3. The molecule has 36 heavy (non-hydrogen) atoms. The molecule has 3 aromatic rings. The number of benzene rings is 2. The lowest BCUT2D eigenvalue weighted by Gasteiger charge is -2.31. The Bertz CT molecular complexity index is 1170. The van der Waals surface area contributed by atoms with E-state index in [2.05, 4.69) is 36.2 Å². The van der Waals surface area contributed by atoms with Crippen molar-refractivity contribution >= 4 is 23.4 Å². The molecule has 2 amide bonds. The van der Waals surface area contributed by atoms with Crippen molar-refractivity contribution in [2.75, 3.05) is 7.05 Å². The van der Waals surface area contributed by atoms with Crippen molar-refractivity contribution in [1.82, 2.24) is 10.2 Å². The summed E-state index contributed by atoms with van der Waals surface area (Å²) in [6.07, 6.45) is 5.84. The number of nitrogens with one attached hydrogen (secondary N) is 1. The summed E-state index contributed by atoms with van der Waals surface area (Å²) in [6, 6.07) is 21.2. The number of halogens is 1. The van der Waals surface area contributed by atoms with Crippen molar-refractivity contribution in [1.29, 1.82) is 0 Å². The predicted molar refractivity (Wildman–Crippen MR) is 143 cm³/mol. The van der Waals surface area contributed by atoms with Crippen molar-refractivity contribution in [3.05, 3.63) is 95.9 Å². The van der Waals surface area contributed by atoms with Crippen LogP contribution in [0.2, 0.25) is 0 Å². The van der Waals surface area contributed by atoms with Gasteiger partial charge in [-0.15, -0.1) is 0 Å².